The van der Waals surface area contributed by atoms with E-state index >= 15 is 0 Å². The van der Waals surface area contributed by atoms with Crippen molar-refractivity contribution < 1.29 is 10.0 Å². The Hall–Kier alpha value is -0.980. The number of nitrogens with one attached hydrogen (secondary N) is 1. The Morgan fingerprint density at radius 3 is 3.00 bits per heavy atom. The van der Waals surface area contributed by atoms with Crippen molar-refractivity contribution in [1.29, 1.82) is 0 Å². The summed E-state index contributed by atoms with van der Waals surface area (Å²) in [7, 11) is 0. The highest BCUT2D eigenvalue weighted by Crippen LogP contribution is 2.22. The summed E-state index contributed by atoms with van der Waals surface area (Å²) in [5.41, 5.74) is 0.913. The summed E-state index contributed by atoms with van der Waals surface area (Å²) >= 11 is 1.13. The quantitative estimate of drug-likeness (QED) is 0.574. The third-order valence-corrected chi connectivity index (χ3v) is 2.97. The predicted octanol–water partition coefficient (Wildman–Crippen LogP) is 1.52. The van der Waals surface area contributed by atoms with Crippen LogP contribution in [-0.4, -0.2) is 22.7 Å². The average Bonchev–Trinajstić information content (AvgIpc) is 2.63. The molecule has 0 fully saturated rings. The van der Waals surface area contributed by atoms with Crippen LogP contribution >= 0.6 is 11.3 Å². The van der Waals surface area contributed by atoms with E-state index in [4.69, 9.17) is 5.11 Å². The average molecular weight is 230 g/mol. The minimum Gasteiger partial charge on any atom is -0.396 e. The van der Waals surface area contributed by atoms with Gasteiger partial charge in [-0.15, -0.1) is 0 Å². The molecule has 1 atom stereocenters. The van der Waals surface area contributed by atoms with Crippen molar-refractivity contribution in [2.75, 3.05) is 6.61 Å². The maximum Gasteiger partial charge on any atom is 0.324 e. The SMILES string of the molecule is CC(CCO)NCc1csc([N+](=O)[O-])c1. The Bertz CT molecular complexity index is 327. The second-order valence-corrected chi connectivity index (χ2v) is 4.23. The molecule has 1 aromatic heterocycles. The fourth-order valence-electron chi connectivity index (χ4n) is 1.14. The van der Waals surface area contributed by atoms with Crippen LogP contribution in [-0.2, 0) is 6.54 Å². The Labute approximate surface area is 91.9 Å². The van der Waals surface area contributed by atoms with Gasteiger partial charge in [-0.2, -0.15) is 0 Å². The second-order valence-electron chi connectivity index (χ2n) is 3.34. The summed E-state index contributed by atoms with van der Waals surface area (Å²) in [6, 6.07) is 1.79. The maximum absolute atomic E-state index is 10.4. The molecule has 1 aromatic rings. The van der Waals surface area contributed by atoms with Crippen molar-refractivity contribution in [3.8, 4) is 0 Å². The molecular weight excluding hydrogens is 216 g/mol. The molecule has 1 heterocycles. The second kappa shape index (κ2) is 5.79. The van der Waals surface area contributed by atoms with E-state index in [1.54, 1.807) is 11.4 Å². The van der Waals surface area contributed by atoms with Crippen LogP contribution in [0, 0.1) is 10.1 Å². The van der Waals surface area contributed by atoms with Gasteiger partial charge in [-0.25, -0.2) is 0 Å². The summed E-state index contributed by atoms with van der Waals surface area (Å²) in [4.78, 5) is 10.0. The van der Waals surface area contributed by atoms with Gasteiger partial charge < -0.3 is 10.4 Å². The van der Waals surface area contributed by atoms with Gasteiger partial charge in [-0.3, -0.25) is 10.1 Å². The number of aliphatic hydroxyl groups excluding tert-OH is 1. The van der Waals surface area contributed by atoms with Crippen molar-refractivity contribution in [1.82, 2.24) is 5.32 Å². The monoisotopic (exact) mass is 230 g/mol. The lowest BCUT2D eigenvalue weighted by molar-refractivity contribution is -0.380. The molecule has 0 spiro atoms. The smallest absolute Gasteiger partial charge is 0.324 e. The number of rotatable bonds is 6. The molecule has 0 bridgehead atoms. The van der Waals surface area contributed by atoms with E-state index < -0.39 is 0 Å². The summed E-state index contributed by atoms with van der Waals surface area (Å²) in [6.07, 6.45) is 0.687. The molecule has 0 aliphatic rings. The van der Waals surface area contributed by atoms with Gasteiger partial charge in [0, 0.05) is 30.6 Å². The summed E-state index contributed by atoms with van der Waals surface area (Å²) in [5.74, 6) is 0. The van der Waals surface area contributed by atoms with Crippen molar-refractivity contribution >= 4 is 16.3 Å². The minimum atomic E-state index is -0.384. The first kappa shape index (κ1) is 12.1. The van der Waals surface area contributed by atoms with Crippen LogP contribution in [0.5, 0.6) is 0 Å². The molecule has 1 unspecified atom stereocenters. The maximum atomic E-state index is 10.4. The van der Waals surface area contributed by atoms with Crippen molar-refractivity contribution in [3.63, 3.8) is 0 Å². The highest BCUT2D eigenvalue weighted by atomic mass is 32.1. The Kier molecular flexibility index (Phi) is 4.67. The van der Waals surface area contributed by atoms with Crippen LogP contribution in [0.4, 0.5) is 5.00 Å². The zero-order chi connectivity index (χ0) is 11.3. The molecule has 0 saturated heterocycles. The van der Waals surface area contributed by atoms with E-state index in [2.05, 4.69) is 5.32 Å². The lowest BCUT2D eigenvalue weighted by Crippen LogP contribution is -2.26. The first-order valence-electron chi connectivity index (χ1n) is 4.69. The van der Waals surface area contributed by atoms with E-state index in [1.165, 1.54) is 0 Å². The summed E-state index contributed by atoms with van der Waals surface area (Å²) < 4.78 is 0. The zero-order valence-corrected chi connectivity index (χ0v) is 9.29. The molecule has 0 amide bonds. The first-order valence-corrected chi connectivity index (χ1v) is 5.57. The highest BCUT2D eigenvalue weighted by molar-refractivity contribution is 7.13. The van der Waals surface area contributed by atoms with E-state index in [0.717, 1.165) is 16.9 Å². The number of aliphatic hydroxyl groups is 1. The standard InChI is InChI=1S/C9H14N2O3S/c1-7(2-3-12)10-5-8-4-9(11(13)14)15-6-8/h4,6-7,10,12H,2-3,5H2,1H3. The third-order valence-electron chi connectivity index (χ3n) is 2.04. The molecule has 2 N–H and O–H groups in total. The van der Waals surface area contributed by atoms with Gasteiger partial charge in [-0.1, -0.05) is 11.3 Å². The molecule has 5 nitrogen and oxygen atoms in total. The minimum absolute atomic E-state index is 0.151. The zero-order valence-electron chi connectivity index (χ0n) is 8.47. The van der Waals surface area contributed by atoms with Crippen LogP contribution < -0.4 is 5.32 Å². The largest absolute Gasteiger partial charge is 0.396 e. The molecule has 0 aliphatic heterocycles. The number of nitro groups is 1. The normalized spacial score (nSPS) is 12.7. The van der Waals surface area contributed by atoms with Gasteiger partial charge in [-0.05, 0) is 18.9 Å². The highest BCUT2D eigenvalue weighted by Gasteiger charge is 2.09. The number of nitrogens with zero attached hydrogens (tertiary/aromatic N) is 1. The Morgan fingerprint density at radius 1 is 1.73 bits per heavy atom. The van der Waals surface area contributed by atoms with Crippen LogP contribution in [0.1, 0.15) is 18.9 Å². The van der Waals surface area contributed by atoms with Gasteiger partial charge in [0.2, 0.25) is 0 Å². The molecular formula is C9H14N2O3S. The van der Waals surface area contributed by atoms with E-state index in [0.29, 0.717) is 13.0 Å². The molecule has 1 rings (SSSR count). The van der Waals surface area contributed by atoms with Crippen molar-refractivity contribution in [2.24, 2.45) is 0 Å². The third kappa shape index (κ3) is 3.94. The number of thiophene rings is 1. The van der Waals surface area contributed by atoms with Gasteiger partial charge >= 0.3 is 5.00 Å². The van der Waals surface area contributed by atoms with Gasteiger partial charge in [0.05, 0.1) is 4.92 Å². The van der Waals surface area contributed by atoms with Crippen molar-refractivity contribution in [2.45, 2.75) is 25.9 Å². The molecule has 84 valence electrons. The Morgan fingerprint density at radius 2 is 2.47 bits per heavy atom. The lowest BCUT2D eigenvalue weighted by atomic mass is 10.2. The first-order chi connectivity index (χ1) is 7.13. The van der Waals surface area contributed by atoms with E-state index in [1.807, 2.05) is 6.92 Å². The van der Waals surface area contributed by atoms with Gasteiger partial charge in [0.25, 0.3) is 0 Å². The fraction of sp³-hybridized carbons (Fsp3) is 0.556. The van der Waals surface area contributed by atoms with Gasteiger partial charge in [0.15, 0.2) is 0 Å². The summed E-state index contributed by atoms with van der Waals surface area (Å²) in [6.45, 7) is 2.72. The molecule has 0 saturated carbocycles. The van der Waals surface area contributed by atoms with Crippen LogP contribution in [0.3, 0.4) is 0 Å². The van der Waals surface area contributed by atoms with Crippen molar-refractivity contribution in [3.05, 3.63) is 27.1 Å². The lowest BCUT2D eigenvalue weighted by Gasteiger charge is -2.10. The number of hydrogen-bond donors (Lipinski definition) is 2. The van der Waals surface area contributed by atoms with Crippen LogP contribution in [0.25, 0.3) is 0 Å². The molecule has 0 radical (unpaired) electrons. The van der Waals surface area contributed by atoms with Crippen LogP contribution in [0.2, 0.25) is 0 Å². The molecule has 15 heavy (non-hydrogen) atoms. The molecule has 0 aliphatic carbocycles. The van der Waals surface area contributed by atoms with E-state index in [9.17, 15) is 10.1 Å². The predicted molar refractivity (Wildman–Crippen MR) is 59.0 cm³/mol. The van der Waals surface area contributed by atoms with Crippen LogP contribution in [0.15, 0.2) is 11.4 Å². The number of hydrogen-bond acceptors (Lipinski definition) is 5. The van der Waals surface area contributed by atoms with Gasteiger partial charge in [0.1, 0.15) is 0 Å². The fourth-order valence-corrected chi connectivity index (χ4v) is 1.87. The molecule has 6 heteroatoms. The molecule has 0 aromatic carbocycles. The summed E-state index contributed by atoms with van der Waals surface area (Å²) in [5, 5.41) is 24.2. The van der Waals surface area contributed by atoms with E-state index in [-0.39, 0.29) is 22.6 Å². The Balaban J connectivity index is 2.40. The topological polar surface area (TPSA) is 75.4 Å².